The minimum atomic E-state index is 0.106. The maximum atomic E-state index is 10.1. The number of aromatic nitrogens is 1. The lowest BCUT2D eigenvalue weighted by Crippen LogP contribution is -1.91. The van der Waals surface area contributed by atoms with E-state index in [0.29, 0.717) is 12.4 Å². The maximum Gasteiger partial charge on any atom is 0.238 e. The van der Waals surface area contributed by atoms with Gasteiger partial charge in [0.1, 0.15) is 0 Å². The van der Waals surface area contributed by atoms with Crippen LogP contribution in [0.2, 0.25) is 0 Å². The van der Waals surface area contributed by atoms with Crippen LogP contribution in [0.15, 0.2) is 23.5 Å². The van der Waals surface area contributed by atoms with E-state index in [-0.39, 0.29) is 5.82 Å². The van der Waals surface area contributed by atoms with Gasteiger partial charge in [-0.2, -0.15) is 0 Å². The Balaban J connectivity index is 2.92. The fraction of sp³-hybridized carbons (Fsp3) is 0.286. The Labute approximate surface area is 64.2 Å². The predicted octanol–water partition coefficient (Wildman–Crippen LogP) is 1.88. The highest BCUT2D eigenvalue weighted by Crippen LogP contribution is 2.22. The van der Waals surface area contributed by atoms with E-state index >= 15 is 0 Å². The summed E-state index contributed by atoms with van der Waals surface area (Å²) in [5.41, 5.74) is 0. The quantitative estimate of drug-likeness (QED) is 0.621. The molecule has 0 aliphatic rings. The van der Waals surface area contributed by atoms with Gasteiger partial charge in [0, 0.05) is 6.20 Å². The van der Waals surface area contributed by atoms with Gasteiger partial charge in [-0.3, -0.25) is 0 Å². The number of rotatable bonds is 3. The molecule has 0 unspecified atom stereocenters. The molecule has 0 aromatic carbocycles. The predicted molar refractivity (Wildman–Crippen MR) is 40.9 cm³/mol. The Hall–Kier alpha value is -1.45. The highest BCUT2D eigenvalue weighted by Gasteiger charge is 2.01. The zero-order valence-corrected chi connectivity index (χ0v) is 6.15. The zero-order valence-electron chi connectivity index (χ0n) is 6.15. The van der Waals surface area contributed by atoms with E-state index in [4.69, 9.17) is 4.74 Å². The largest absolute Gasteiger partial charge is 0.490 e. The third kappa shape index (κ3) is 1.73. The first-order valence-electron chi connectivity index (χ1n) is 3.29. The summed E-state index contributed by atoms with van der Waals surface area (Å²) in [5, 5.41) is 2.70. The molecule has 1 aromatic heterocycles. The lowest BCUT2D eigenvalue weighted by atomic mass is 10.4. The number of hydrogen-bond donors (Lipinski definition) is 0. The summed E-state index contributed by atoms with van der Waals surface area (Å²) >= 11 is 0. The van der Waals surface area contributed by atoms with Crippen molar-refractivity contribution in [3.63, 3.8) is 0 Å². The van der Waals surface area contributed by atoms with Crippen molar-refractivity contribution in [3.8, 4) is 5.75 Å². The summed E-state index contributed by atoms with van der Waals surface area (Å²) in [5.74, 6) is 0.541. The summed E-state index contributed by atoms with van der Waals surface area (Å²) < 4.78 is 5.07. The maximum absolute atomic E-state index is 10.1. The molecule has 58 valence electrons. The Morgan fingerprint density at radius 3 is 3.18 bits per heavy atom. The van der Waals surface area contributed by atoms with E-state index in [1.54, 1.807) is 12.1 Å². The second-order valence-electron chi connectivity index (χ2n) is 1.85. The van der Waals surface area contributed by atoms with Gasteiger partial charge >= 0.3 is 0 Å². The standard InChI is InChI=1S/C7H8N2O2/c1-2-11-6-4-3-5-8-7(6)9-10/h3-5H,2H2,1H3. The van der Waals surface area contributed by atoms with Crippen molar-refractivity contribution >= 4 is 5.82 Å². The summed E-state index contributed by atoms with van der Waals surface area (Å²) in [6.07, 6.45) is 1.50. The van der Waals surface area contributed by atoms with Crippen LogP contribution in [0.25, 0.3) is 0 Å². The Bertz CT molecular complexity index is 250. The molecule has 11 heavy (non-hydrogen) atoms. The Kier molecular flexibility index (Phi) is 2.54. The molecule has 0 aliphatic carbocycles. The van der Waals surface area contributed by atoms with Crippen molar-refractivity contribution in [2.75, 3.05) is 6.61 Å². The number of nitroso groups, excluding NO2 is 1. The van der Waals surface area contributed by atoms with Gasteiger partial charge in [0.05, 0.1) is 6.61 Å². The van der Waals surface area contributed by atoms with Gasteiger partial charge in [-0.05, 0) is 24.2 Å². The molecule has 0 spiro atoms. The van der Waals surface area contributed by atoms with Crippen LogP contribution in [-0.4, -0.2) is 11.6 Å². The van der Waals surface area contributed by atoms with Crippen molar-refractivity contribution in [2.45, 2.75) is 6.92 Å². The number of pyridine rings is 1. The third-order valence-corrected chi connectivity index (χ3v) is 1.14. The van der Waals surface area contributed by atoms with Crippen molar-refractivity contribution in [2.24, 2.45) is 5.18 Å². The van der Waals surface area contributed by atoms with Gasteiger partial charge < -0.3 is 4.74 Å². The summed E-state index contributed by atoms with van der Waals surface area (Å²) in [4.78, 5) is 13.8. The summed E-state index contributed by atoms with van der Waals surface area (Å²) in [7, 11) is 0. The molecule has 1 rings (SSSR count). The van der Waals surface area contributed by atoms with Crippen molar-refractivity contribution in [1.29, 1.82) is 0 Å². The molecule has 0 fully saturated rings. The average Bonchev–Trinajstić information content (AvgIpc) is 2.06. The molecule has 0 atom stereocenters. The first-order valence-corrected chi connectivity index (χ1v) is 3.29. The summed E-state index contributed by atoms with van der Waals surface area (Å²) in [6, 6.07) is 3.35. The topological polar surface area (TPSA) is 51.6 Å². The number of ether oxygens (including phenoxy) is 1. The minimum Gasteiger partial charge on any atom is -0.490 e. The van der Waals surface area contributed by atoms with Gasteiger partial charge in [0.2, 0.25) is 5.82 Å². The van der Waals surface area contributed by atoms with Crippen molar-refractivity contribution in [3.05, 3.63) is 23.2 Å². The Morgan fingerprint density at radius 2 is 2.55 bits per heavy atom. The van der Waals surface area contributed by atoms with Gasteiger partial charge in [0.25, 0.3) is 0 Å². The minimum absolute atomic E-state index is 0.106. The van der Waals surface area contributed by atoms with Crippen LogP contribution < -0.4 is 4.74 Å². The zero-order chi connectivity index (χ0) is 8.10. The number of nitrogens with zero attached hydrogens (tertiary/aromatic N) is 2. The van der Waals surface area contributed by atoms with Crippen LogP contribution in [-0.2, 0) is 0 Å². The van der Waals surface area contributed by atoms with Crippen LogP contribution in [0, 0.1) is 4.91 Å². The molecule has 0 saturated heterocycles. The molecule has 4 heteroatoms. The monoisotopic (exact) mass is 152 g/mol. The lowest BCUT2D eigenvalue weighted by molar-refractivity contribution is 0.340. The van der Waals surface area contributed by atoms with E-state index in [1.165, 1.54) is 6.20 Å². The van der Waals surface area contributed by atoms with E-state index in [1.807, 2.05) is 6.92 Å². The Morgan fingerprint density at radius 1 is 1.73 bits per heavy atom. The van der Waals surface area contributed by atoms with Gasteiger partial charge in [-0.15, -0.1) is 4.91 Å². The molecule has 1 aromatic rings. The first kappa shape index (κ1) is 7.65. The van der Waals surface area contributed by atoms with Gasteiger partial charge in [-0.1, -0.05) is 0 Å². The van der Waals surface area contributed by atoms with Gasteiger partial charge in [0.15, 0.2) is 5.75 Å². The molecule has 0 amide bonds. The van der Waals surface area contributed by atoms with Crippen LogP contribution in [0.4, 0.5) is 5.82 Å². The SMILES string of the molecule is CCOc1cccnc1N=O. The molecular formula is C7H8N2O2. The average molecular weight is 152 g/mol. The molecule has 0 radical (unpaired) electrons. The fourth-order valence-electron chi connectivity index (χ4n) is 0.719. The highest BCUT2D eigenvalue weighted by atomic mass is 16.5. The molecule has 0 saturated carbocycles. The molecule has 4 nitrogen and oxygen atoms in total. The fourth-order valence-corrected chi connectivity index (χ4v) is 0.719. The van der Waals surface area contributed by atoms with Crippen molar-refractivity contribution < 1.29 is 4.74 Å². The lowest BCUT2D eigenvalue weighted by Gasteiger charge is -2.01. The molecule has 1 heterocycles. The van der Waals surface area contributed by atoms with E-state index in [0.717, 1.165) is 0 Å². The van der Waals surface area contributed by atoms with Crippen LogP contribution in [0.5, 0.6) is 5.75 Å². The van der Waals surface area contributed by atoms with Crippen LogP contribution >= 0.6 is 0 Å². The first-order chi connectivity index (χ1) is 5.38. The molecular weight excluding hydrogens is 144 g/mol. The normalized spacial score (nSPS) is 9.18. The number of hydrogen-bond acceptors (Lipinski definition) is 4. The molecule has 0 aliphatic heterocycles. The second kappa shape index (κ2) is 3.65. The highest BCUT2D eigenvalue weighted by molar-refractivity contribution is 5.43. The van der Waals surface area contributed by atoms with E-state index < -0.39 is 0 Å². The second-order valence-corrected chi connectivity index (χ2v) is 1.85. The summed E-state index contributed by atoms with van der Waals surface area (Å²) in [6.45, 7) is 2.34. The smallest absolute Gasteiger partial charge is 0.238 e. The van der Waals surface area contributed by atoms with Gasteiger partial charge in [-0.25, -0.2) is 4.98 Å². The van der Waals surface area contributed by atoms with E-state index in [9.17, 15) is 4.91 Å². The third-order valence-electron chi connectivity index (χ3n) is 1.14. The van der Waals surface area contributed by atoms with Crippen LogP contribution in [0.3, 0.4) is 0 Å². The molecule has 0 N–H and O–H groups in total. The van der Waals surface area contributed by atoms with Crippen LogP contribution in [0.1, 0.15) is 6.92 Å². The van der Waals surface area contributed by atoms with E-state index in [2.05, 4.69) is 10.2 Å². The van der Waals surface area contributed by atoms with Crippen molar-refractivity contribution in [1.82, 2.24) is 4.98 Å². The molecule has 0 bridgehead atoms.